The van der Waals surface area contributed by atoms with Gasteiger partial charge in [0.15, 0.2) is 0 Å². The number of aliphatic hydroxyl groups excluding tert-OH is 1. The van der Waals surface area contributed by atoms with Gasteiger partial charge in [-0.1, -0.05) is 11.3 Å². The van der Waals surface area contributed by atoms with Crippen molar-refractivity contribution in [3.63, 3.8) is 0 Å². The fourth-order valence-corrected chi connectivity index (χ4v) is 2.91. The number of hydrogen-bond donors (Lipinski definition) is 1. The predicted molar refractivity (Wildman–Crippen MR) is 65.1 cm³/mol. The van der Waals surface area contributed by atoms with E-state index in [1.54, 1.807) is 10.3 Å². The van der Waals surface area contributed by atoms with Crippen molar-refractivity contribution in [2.75, 3.05) is 13.2 Å². The van der Waals surface area contributed by atoms with E-state index in [9.17, 15) is 9.59 Å². The molecular weight excluding hydrogens is 240 g/mol. The lowest BCUT2D eigenvalue weighted by atomic mass is 10.2. The summed E-state index contributed by atoms with van der Waals surface area (Å²) in [4.78, 5) is 25.1. The van der Waals surface area contributed by atoms with Crippen LogP contribution in [0.4, 0.5) is 0 Å². The topological polar surface area (TPSA) is 62.5 Å². The normalized spacial score (nSPS) is 19.9. The Balaban J connectivity index is 2.09. The van der Waals surface area contributed by atoms with Crippen molar-refractivity contribution >= 4 is 17.2 Å². The van der Waals surface area contributed by atoms with Crippen LogP contribution in [-0.4, -0.2) is 39.7 Å². The number of hydrogen-bond acceptors (Lipinski definition) is 4. The maximum Gasteiger partial charge on any atom is 0.307 e. The van der Waals surface area contributed by atoms with E-state index in [2.05, 4.69) is 0 Å². The monoisotopic (exact) mass is 256 g/mol. The van der Waals surface area contributed by atoms with Crippen molar-refractivity contribution in [2.24, 2.45) is 0 Å². The van der Waals surface area contributed by atoms with Crippen molar-refractivity contribution in [1.29, 1.82) is 0 Å². The molecule has 1 saturated heterocycles. The molecule has 1 aliphatic rings. The van der Waals surface area contributed by atoms with Crippen LogP contribution in [0.3, 0.4) is 0 Å². The summed E-state index contributed by atoms with van der Waals surface area (Å²) in [7, 11) is 0. The van der Waals surface area contributed by atoms with Crippen LogP contribution in [-0.2, 0) is 11.3 Å². The average Bonchev–Trinajstić information content (AvgIpc) is 2.90. The Morgan fingerprint density at radius 2 is 2.41 bits per heavy atom. The van der Waals surface area contributed by atoms with Gasteiger partial charge in [-0.15, -0.1) is 0 Å². The van der Waals surface area contributed by atoms with Gasteiger partial charge in [0.25, 0.3) is 0 Å². The van der Waals surface area contributed by atoms with Crippen molar-refractivity contribution in [3.05, 3.63) is 20.7 Å². The highest BCUT2D eigenvalue weighted by Gasteiger charge is 2.28. The Bertz CT molecular complexity index is 466. The zero-order valence-corrected chi connectivity index (χ0v) is 10.6. The Labute approximate surface area is 103 Å². The highest BCUT2D eigenvalue weighted by Crippen LogP contribution is 2.17. The molecule has 0 aliphatic carbocycles. The Morgan fingerprint density at radius 3 is 3.00 bits per heavy atom. The number of thiazole rings is 1. The third kappa shape index (κ3) is 2.42. The molecule has 1 N–H and O–H groups in total. The van der Waals surface area contributed by atoms with E-state index < -0.39 is 0 Å². The minimum Gasteiger partial charge on any atom is -0.394 e. The highest BCUT2D eigenvalue weighted by molar-refractivity contribution is 7.07. The van der Waals surface area contributed by atoms with Gasteiger partial charge in [0.1, 0.15) is 6.54 Å². The summed E-state index contributed by atoms with van der Waals surface area (Å²) in [5.74, 6) is -0.0786. The van der Waals surface area contributed by atoms with Gasteiger partial charge in [-0.25, -0.2) is 0 Å². The van der Waals surface area contributed by atoms with E-state index in [0.717, 1.165) is 29.9 Å². The first-order valence-corrected chi connectivity index (χ1v) is 6.56. The minimum atomic E-state index is -0.101. The molecule has 94 valence electrons. The molecule has 5 nitrogen and oxygen atoms in total. The smallest absolute Gasteiger partial charge is 0.307 e. The number of rotatable bonds is 3. The summed E-state index contributed by atoms with van der Waals surface area (Å²) in [6.45, 7) is 2.59. The molecule has 1 aromatic rings. The lowest BCUT2D eigenvalue weighted by Gasteiger charge is -2.23. The summed E-state index contributed by atoms with van der Waals surface area (Å²) >= 11 is 1.11. The van der Waals surface area contributed by atoms with Gasteiger partial charge >= 0.3 is 4.87 Å². The number of nitrogens with zero attached hydrogens (tertiary/aromatic N) is 2. The van der Waals surface area contributed by atoms with Crippen molar-refractivity contribution in [1.82, 2.24) is 9.47 Å². The summed E-state index contributed by atoms with van der Waals surface area (Å²) < 4.78 is 1.49. The van der Waals surface area contributed by atoms with Gasteiger partial charge in [-0.3, -0.25) is 14.2 Å². The molecule has 1 aliphatic heterocycles. The molecule has 0 aromatic carbocycles. The van der Waals surface area contributed by atoms with E-state index in [0.29, 0.717) is 6.54 Å². The number of aryl methyl sites for hydroxylation is 1. The first kappa shape index (κ1) is 12.3. The second-order valence-electron chi connectivity index (χ2n) is 4.29. The van der Waals surface area contributed by atoms with Gasteiger partial charge in [-0.05, 0) is 19.8 Å². The minimum absolute atomic E-state index is 0.00323. The third-order valence-electron chi connectivity index (χ3n) is 3.18. The standard InChI is InChI=1S/C11H16N2O3S/c1-8-7-17-11(16)13(8)5-10(15)12-4-2-3-9(12)6-14/h7,9,14H,2-6H2,1H3/t9-/m0/s1. The van der Waals surface area contributed by atoms with Crippen LogP contribution in [0, 0.1) is 6.92 Å². The number of carbonyl (C=O) groups is 1. The zero-order valence-electron chi connectivity index (χ0n) is 9.76. The van der Waals surface area contributed by atoms with Crippen LogP contribution in [0.5, 0.6) is 0 Å². The molecule has 6 heteroatoms. The predicted octanol–water partition coefficient (Wildman–Crippen LogP) is 0.202. The maximum atomic E-state index is 12.0. The van der Waals surface area contributed by atoms with E-state index in [-0.39, 0.29) is 30.0 Å². The zero-order chi connectivity index (χ0) is 12.4. The fourth-order valence-electron chi connectivity index (χ4n) is 2.18. The Hall–Kier alpha value is -1.14. The number of likely N-dealkylation sites (tertiary alicyclic amines) is 1. The van der Waals surface area contributed by atoms with Crippen LogP contribution in [0.1, 0.15) is 18.5 Å². The second kappa shape index (κ2) is 5.01. The largest absolute Gasteiger partial charge is 0.394 e. The van der Waals surface area contributed by atoms with Gasteiger partial charge in [-0.2, -0.15) is 0 Å². The lowest BCUT2D eigenvalue weighted by Crippen LogP contribution is -2.40. The van der Waals surface area contributed by atoms with Crippen LogP contribution in [0.15, 0.2) is 10.2 Å². The summed E-state index contributed by atoms with van der Waals surface area (Å²) in [6, 6.07) is -0.0721. The van der Waals surface area contributed by atoms with E-state index in [1.165, 1.54) is 4.57 Å². The molecule has 1 atom stereocenters. The first-order chi connectivity index (χ1) is 8.13. The third-order valence-corrected chi connectivity index (χ3v) is 4.06. The van der Waals surface area contributed by atoms with Crippen LogP contribution >= 0.6 is 11.3 Å². The molecule has 1 amide bonds. The Morgan fingerprint density at radius 1 is 1.65 bits per heavy atom. The lowest BCUT2D eigenvalue weighted by molar-refractivity contribution is -0.133. The SMILES string of the molecule is Cc1csc(=O)n1CC(=O)N1CCC[C@H]1CO. The highest BCUT2D eigenvalue weighted by atomic mass is 32.1. The number of aromatic nitrogens is 1. The molecule has 0 spiro atoms. The molecule has 0 unspecified atom stereocenters. The van der Waals surface area contributed by atoms with Crippen LogP contribution in [0.2, 0.25) is 0 Å². The van der Waals surface area contributed by atoms with Crippen molar-refractivity contribution < 1.29 is 9.90 Å². The second-order valence-corrected chi connectivity index (χ2v) is 5.12. The summed E-state index contributed by atoms with van der Waals surface area (Å²) in [5, 5.41) is 10.9. The molecule has 0 bridgehead atoms. The quantitative estimate of drug-likeness (QED) is 0.840. The van der Waals surface area contributed by atoms with Crippen LogP contribution < -0.4 is 4.87 Å². The molecule has 2 heterocycles. The van der Waals surface area contributed by atoms with Crippen LogP contribution in [0.25, 0.3) is 0 Å². The van der Waals surface area contributed by atoms with Crippen molar-refractivity contribution in [2.45, 2.75) is 32.4 Å². The maximum absolute atomic E-state index is 12.0. The van der Waals surface area contributed by atoms with E-state index in [4.69, 9.17) is 5.11 Å². The van der Waals surface area contributed by atoms with E-state index in [1.807, 2.05) is 6.92 Å². The van der Waals surface area contributed by atoms with Crippen molar-refractivity contribution in [3.8, 4) is 0 Å². The molecule has 1 aromatic heterocycles. The fraction of sp³-hybridized carbons (Fsp3) is 0.636. The Kier molecular flexibility index (Phi) is 3.63. The molecular formula is C11H16N2O3S. The first-order valence-electron chi connectivity index (χ1n) is 5.68. The number of aliphatic hydroxyl groups is 1. The molecule has 1 fully saturated rings. The van der Waals surface area contributed by atoms with Gasteiger partial charge in [0.2, 0.25) is 5.91 Å². The molecule has 0 saturated carbocycles. The van der Waals surface area contributed by atoms with Gasteiger partial charge < -0.3 is 10.0 Å². The van der Waals surface area contributed by atoms with E-state index >= 15 is 0 Å². The number of amides is 1. The average molecular weight is 256 g/mol. The summed E-state index contributed by atoms with van der Waals surface area (Å²) in [5.41, 5.74) is 0.813. The molecule has 2 rings (SSSR count). The molecule has 17 heavy (non-hydrogen) atoms. The number of carbonyl (C=O) groups excluding carboxylic acids is 1. The van der Waals surface area contributed by atoms with Gasteiger partial charge in [0.05, 0.1) is 12.6 Å². The molecule has 0 radical (unpaired) electrons. The van der Waals surface area contributed by atoms with Gasteiger partial charge in [0, 0.05) is 17.6 Å². The summed E-state index contributed by atoms with van der Waals surface area (Å²) in [6.07, 6.45) is 1.77.